The first kappa shape index (κ1) is 15.2. The topological polar surface area (TPSA) is 37.4 Å². The molecule has 0 saturated heterocycles. The van der Waals surface area contributed by atoms with Gasteiger partial charge in [0.25, 0.3) is 10.0 Å². The highest BCUT2D eigenvalue weighted by molar-refractivity contribution is 7.92. The minimum atomic E-state index is -3.92. The van der Waals surface area contributed by atoms with Crippen molar-refractivity contribution in [1.82, 2.24) is 0 Å². The molecule has 0 spiro atoms. The normalized spacial score (nSPS) is 11.1. The van der Waals surface area contributed by atoms with E-state index >= 15 is 0 Å². The van der Waals surface area contributed by atoms with Gasteiger partial charge in [0.1, 0.15) is 11.6 Å². The molecule has 2 rings (SSSR count). The van der Waals surface area contributed by atoms with E-state index < -0.39 is 21.7 Å². The first-order valence-corrected chi connectivity index (χ1v) is 7.54. The van der Waals surface area contributed by atoms with Gasteiger partial charge >= 0.3 is 0 Å². The first-order chi connectivity index (χ1) is 9.95. The lowest BCUT2D eigenvalue weighted by atomic mass is 10.3. The van der Waals surface area contributed by atoms with Crippen molar-refractivity contribution in [2.45, 2.75) is 4.90 Å². The predicted molar refractivity (Wildman–Crippen MR) is 77.5 cm³/mol. The van der Waals surface area contributed by atoms with Crippen LogP contribution in [0.25, 0.3) is 0 Å². The highest BCUT2D eigenvalue weighted by Crippen LogP contribution is 2.24. The summed E-state index contributed by atoms with van der Waals surface area (Å²) in [5, 5.41) is 0. The molecule has 0 unspecified atom stereocenters. The maximum Gasteiger partial charge on any atom is 0.264 e. The fraction of sp³-hybridized carbons (Fsp3) is 0.0667. The molecule has 0 aromatic heterocycles. The molecule has 0 saturated carbocycles. The van der Waals surface area contributed by atoms with Crippen LogP contribution in [-0.2, 0) is 10.0 Å². The van der Waals surface area contributed by atoms with Crippen LogP contribution in [0.3, 0.4) is 0 Å². The van der Waals surface area contributed by atoms with Gasteiger partial charge in [0.15, 0.2) is 0 Å². The third-order valence-electron chi connectivity index (χ3n) is 2.79. The zero-order chi connectivity index (χ0) is 15.5. The largest absolute Gasteiger partial charge is 0.264 e. The van der Waals surface area contributed by atoms with Gasteiger partial charge in [-0.05, 0) is 42.5 Å². The van der Waals surface area contributed by atoms with E-state index in [9.17, 15) is 17.2 Å². The summed E-state index contributed by atoms with van der Waals surface area (Å²) < 4.78 is 52.4. The number of anilines is 1. The second kappa shape index (κ2) is 6.05. The molecule has 0 aliphatic carbocycles. The number of hydrogen-bond donors (Lipinski definition) is 0. The monoisotopic (exact) mass is 309 g/mol. The highest BCUT2D eigenvalue weighted by Gasteiger charge is 2.24. The van der Waals surface area contributed by atoms with Gasteiger partial charge in [0.2, 0.25) is 0 Å². The molecule has 0 amide bonds. The molecule has 6 heteroatoms. The van der Waals surface area contributed by atoms with Crippen LogP contribution >= 0.6 is 0 Å². The smallest absolute Gasteiger partial charge is 0.262 e. The lowest BCUT2D eigenvalue weighted by Gasteiger charge is -2.23. The molecule has 0 fully saturated rings. The van der Waals surface area contributed by atoms with Gasteiger partial charge in [-0.25, -0.2) is 17.2 Å². The lowest BCUT2D eigenvalue weighted by Crippen LogP contribution is -2.31. The Kier molecular flexibility index (Phi) is 4.37. The summed E-state index contributed by atoms with van der Waals surface area (Å²) in [7, 11) is -3.92. The minimum absolute atomic E-state index is 0.0246. The van der Waals surface area contributed by atoms with E-state index in [1.54, 1.807) is 0 Å². The Balaban J connectivity index is 2.50. The van der Waals surface area contributed by atoms with Crippen molar-refractivity contribution >= 4 is 15.7 Å². The molecular formula is C15H13F2NO2S. The van der Waals surface area contributed by atoms with E-state index in [1.807, 2.05) is 0 Å². The van der Waals surface area contributed by atoms with Gasteiger partial charge in [-0.2, -0.15) is 0 Å². The fourth-order valence-electron chi connectivity index (χ4n) is 1.82. The molecule has 3 nitrogen and oxygen atoms in total. The van der Waals surface area contributed by atoms with E-state index in [0.717, 1.165) is 22.5 Å². The van der Waals surface area contributed by atoms with Crippen LogP contribution in [0, 0.1) is 11.6 Å². The zero-order valence-electron chi connectivity index (χ0n) is 11.0. The molecule has 0 heterocycles. The molecule has 0 N–H and O–H groups in total. The van der Waals surface area contributed by atoms with Crippen LogP contribution in [0.1, 0.15) is 0 Å². The van der Waals surface area contributed by atoms with Crippen LogP contribution in [0.5, 0.6) is 0 Å². The fourth-order valence-corrected chi connectivity index (χ4v) is 3.25. The van der Waals surface area contributed by atoms with Crippen LogP contribution in [0.2, 0.25) is 0 Å². The van der Waals surface area contributed by atoms with Gasteiger partial charge in [0, 0.05) is 0 Å². The quantitative estimate of drug-likeness (QED) is 0.794. The van der Waals surface area contributed by atoms with E-state index in [0.29, 0.717) is 0 Å². The average molecular weight is 309 g/mol. The molecule has 0 aliphatic heterocycles. The summed E-state index contributed by atoms with van der Waals surface area (Å²) in [6.07, 6.45) is 1.39. The molecule has 2 aromatic rings. The van der Waals surface area contributed by atoms with Crippen molar-refractivity contribution in [1.29, 1.82) is 0 Å². The van der Waals surface area contributed by atoms with Gasteiger partial charge < -0.3 is 0 Å². The molecule has 0 bridgehead atoms. The summed E-state index contributed by atoms with van der Waals surface area (Å²) >= 11 is 0. The van der Waals surface area contributed by atoms with E-state index in [-0.39, 0.29) is 17.1 Å². The van der Waals surface area contributed by atoms with Crippen LogP contribution < -0.4 is 4.31 Å². The van der Waals surface area contributed by atoms with Crippen molar-refractivity contribution < 1.29 is 17.2 Å². The summed E-state index contributed by atoms with van der Waals surface area (Å²) in [5.74, 6) is -1.08. The number of halogens is 2. The van der Waals surface area contributed by atoms with E-state index in [1.165, 1.54) is 36.4 Å². The number of hydrogen-bond acceptors (Lipinski definition) is 2. The summed E-state index contributed by atoms with van der Waals surface area (Å²) in [4.78, 5) is -0.0741. The van der Waals surface area contributed by atoms with Gasteiger partial charge in [0.05, 0.1) is 17.1 Å². The number of nitrogens with zero attached hydrogens (tertiary/aromatic N) is 1. The number of sulfonamides is 1. The molecule has 0 aliphatic rings. The Morgan fingerprint density at radius 2 is 1.71 bits per heavy atom. The number of rotatable bonds is 5. The van der Waals surface area contributed by atoms with Gasteiger partial charge in [-0.15, -0.1) is 6.58 Å². The second-order valence-electron chi connectivity index (χ2n) is 4.26. The average Bonchev–Trinajstić information content (AvgIpc) is 2.45. The Morgan fingerprint density at radius 1 is 1.05 bits per heavy atom. The SMILES string of the molecule is C=CCN(c1cccc(F)c1)S(=O)(=O)c1ccc(F)cc1. The standard InChI is InChI=1S/C15H13F2NO2S/c1-2-10-18(14-5-3-4-13(17)11-14)21(19,20)15-8-6-12(16)7-9-15/h2-9,11H,1,10H2. The molecule has 0 atom stereocenters. The van der Waals surface area contributed by atoms with Crippen molar-refractivity contribution in [2.24, 2.45) is 0 Å². The summed E-state index contributed by atoms with van der Waals surface area (Å²) in [6, 6.07) is 9.69. The molecular weight excluding hydrogens is 296 g/mol. The minimum Gasteiger partial charge on any atom is -0.262 e. The van der Waals surface area contributed by atoms with E-state index in [4.69, 9.17) is 0 Å². The molecule has 21 heavy (non-hydrogen) atoms. The van der Waals surface area contributed by atoms with Crippen molar-refractivity contribution in [3.05, 3.63) is 72.8 Å². The Hall–Kier alpha value is -2.21. The highest BCUT2D eigenvalue weighted by atomic mass is 32.2. The third kappa shape index (κ3) is 3.28. The lowest BCUT2D eigenvalue weighted by molar-refractivity contribution is 0.591. The predicted octanol–water partition coefficient (Wildman–Crippen LogP) is 3.35. The Labute approximate surface area is 122 Å². The summed E-state index contributed by atoms with van der Waals surface area (Å²) in [6.45, 7) is 3.49. The number of benzene rings is 2. The third-order valence-corrected chi connectivity index (χ3v) is 4.60. The molecule has 0 radical (unpaired) electrons. The zero-order valence-corrected chi connectivity index (χ0v) is 11.9. The van der Waals surface area contributed by atoms with E-state index in [2.05, 4.69) is 6.58 Å². The Bertz CT molecular complexity index is 743. The summed E-state index contributed by atoms with van der Waals surface area (Å²) in [5.41, 5.74) is 0.180. The van der Waals surface area contributed by atoms with Crippen LogP contribution in [-0.4, -0.2) is 15.0 Å². The molecule has 110 valence electrons. The van der Waals surface area contributed by atoms with Crippen LogP contribution in [0.4, 0.5) is 14.5 Å². The van der Waals surface area contributed by atoms with Crippen LogP contribution in [0.15, 0.2) is 66.1 Å². The molecule has 2 aromatic carbocycles. The maximum absolute atomic E-state index is 13.3. The van der Waals surface area contributed by atoms with Gasteiger partial charge in [-0.3, -0.25) is 4.31 Å². The van der Waals surface area contributed by atoms with Crippen molar-refractivity contribution in [3.8, 4) is 0 Å². The van der Waals surface area contributed by atoms with Gasteiger partial charge in [-0.1, -0.05) is 12.1 Å². The first-order valence-electron chi connectivity index (χ1n) is 6.10. The second-order valence-corrected chi connectivity index (χ2v) is 6.12. The van der Waals surface area contributed by atoms with Crippen molar-refractivity contribution in [2.75, 3.05) is 10.8 Å². The van der Waals surface area contributed by atoms with Crippen molar-refractivity contribution in [3.63, 3.8) is 0 Å². The Morgan fingerprint density at radius 3 is 2.29 bits per heavy atom. The maximum atomic E-state index is 13.3.